The lowest BCUT2D eigenvalue weighted by Crippen LogP contribution is -2.43. The predicted molar refractivity (Wildman–Crippen MR) is 156 cm³/mol. The third-order valence-electron chi connectivity index (χ3n) is 6.28. The summed E-state index contributed by atoms with van der Waals surface area (Å²) in [6.45, 7) is 1.93. The summed E-state index contributed by atoms with van der Waals surface area (Å²) in [6, 6.07) is 15.1. The molecular formula is C29H30FN7O5. The van der Waals surface area contributed by atoms with Crippen LogP contribution in [0.15, 0.2) is 60.7 Å². The van der Waals surface area contributed by atoms with Gasteiger partial charge in [0.05, 0.1) is 29.1 Å². The zero-order valence-corrected chi connectivity index (χ0v) is 22.7. The number of fused-ring (bicyclic) bond motifs is 1. The van der Waals surface area contributed by atoms with E-state index in [4.69, 9.17) is 10.8 Å². The summed E-state index contributed by atoms with van der Waals surface area (Å²) in [7, 11) is 0. The highest BCUT2D eigenvalue weighted by Crippen LogP contribution is 2.33. The first-order valence-electron chi connectivity index (χ1n) is 13.1. The van der Waals surface area contributed by atoms with Gasteiger partial charge in [0.2, 0.25) is 11.8 Å². The average Bonchev–Trinajstić information content (AvgIpc) is 3.36. The van der Waals surface area contributed by atoms with E-state index in [1.807, 2.05) is 12.1 Å². The summed E-state index contributed by atoms with van der Waals surface area (Å²) >= 11 is 0. The second-order valence-electron chi connectivity index (χ2n) is 9.59. The number of benzene rings is 3. The molecule has 218 valence electrons. The van der Waals surface area contributed by atoms with Crippen molar-refractivity contribution >= 4 is 51.9 Å². The fraction of sp³-hybridized carbons (Fsp3) is 0.207. The Morgan fingerprint density at radius 3 is 2.52 bits per heavy atom. The molecule has 0 radical (unpaired) electrons. The summed E-state index contributed by atoms with van der Waals surface area (Å²) in [5.41, 5.74) is 9.38. The number of carboxylic acid groups (broad SMARTS) is 1. The number of carboxylic acids is 1. The van der Waals surface area contributed by atoms with E-state index in [1.54, 1.807) is 43.3 Å². The maximum atomic E-state index is 14.0. The van der Waals surface area contributed by atoms with Crippen LogP contribution in [0.5, 0.6) is 0 Å². The van der Waals surface area contributed by atoms with Crippen molar-refractivity contribution in [1.82, 2.24) is 15.5 Å². The highest BCUT2D eigenvalue weighted by atomic mass is 19.1. The Morgan fingerprint density at radius 2 is 1.79 bits per heavy atom. The number of aryl methyl sites for hydroxylation is 1. The molecule has 4 amide bonds. The lowest BCUT2D eigenvalue weighted by molar-refractivity contribution is -0.137. The van der Waals surface area contributed by atoms with Gasteiger partial charge in [-0.3, -0.25) is 19.5 Å². The van der Waals surface area contributed by atoms with Gasteiger partial charge in [-0.1, -0.05) is 30.3 Å². The van der Waals surface area contributed by atoms with E-state index in [0.29, 0.717) is 16.6 Å². The van der Waals surface area contributed by atoms with E-state index in [-0.39, 0.29) is 37.3 Å². The minimum atomic E-state index is -1.13. The van der Waals surface area contributed by atoms with Crippen molar-refractivity contribution in [2.24, 2.45) is 5.73 Å². The van der Waals surface area contributed by atoms with Gasteiger partial charge in [-0.2, -0.15) is 5.10 Å². The molecular weight excluding hydrogens is 545 g/mol. The number of aliphatic carboxylic acids is 1. The minimum absolute atomic E-state index is 0.0719. The summed E-state index contributed by atoms with van der Waals surface area (Å²) in [6.07, 6.45) is -0.149. The number of aromatic nitrogens is 2. The Labute approximate surface area is 239 Å². The Hall–Kier alpha value is -5.30. The second-order valence-corrected chi connectivity index (χ2v) is 9.59. The van der Waals surface area contributed by atoms with E-state index in [0.717, 1.165) is 16.7 Å². The lowest BCUT2D eigenvalue weighted by Gasteiger charge is -2.12. The third kappa shape index (κ3) is 7.67. The monoisotopic (exact) mass is 575 g/mol. The molecule has 0 aliphatic rings. The number of aromatic amines is 1. The number of halogens is 1. The number of nitrogens with one attached hydrogen (secondary N) is 5. The Bertz CT molecular complexity index is 1620. The number of nitrogens with two attached hydrogens (primary N) is 1. The first kappa shape index (κ1) is 29.7. The molecule has 0 unspecified atom stereocenters. The highest BCUT2D eigenvalue weighted by molar-refractivity contribution is 6.07. The van der Waals surface area contributed by atoms with Gasteiger partial charge in [-0.25, -0.2) is 9.18 Å². The van der Waals surface area contributed by atoms with Crippen LogP contribution >= 0.6 is 0 Å². The summed E-state index contributed by atoms with van der Waals surface area (Å²) in [5.74, 6) is -2.34. The van der Waals surface area contributed by atoms with Crippen molar-refractivity contribution < 1.29 is 28.7 Å². The van der Waals surface area contributed by atoms with E-state index < -0.39 is 35.7 Å². The van der Waals surface area contributed by atoms with E-state index >= 15 is 0 Å². The Morgan fingerprint density at radius 1 is 1.02 bits per heavy atom. The van der Waals surface area contributed by atoms with Gasteiger partial charge in [-0.15, -0.1) is 0 Å². The van der Waals surface area contributed by atoms with E-state index in [9.17, 15) is 23.6 Å². The molecule has 1 atom stereocenters. The van der Waals surface area contributed by atoms with Crippen LogP contribution in [0.2, 0.25) is 0 Å². The number of rotatable bonds is 11. The fourth-order valence-corrected chi connectivity index (χ4v) is 4.21. The SMILES string of the molecule is Cc1ccc(F)c(NC(=O)Nc2ccc(-c3cccc4[nH]nc(NC(=O)C[C@H](N)C(=O)NCCCC(=O)O)c34)cc2)c1. The molecule has 13 heteroatoms. The first-order chi connectivity index (χ1) is 20.1. The van der Waals surface area contributed by atoms with Crippen LogP contribution in [0.3, 0.4) is 0 Å². The Balaban J connectivity index is 1.41. The van der Waals surface area contributed by atoms with Gasteiger partial charge in [0.1, 0.15) is 5.82 Å². The van der Waals surface area contributed by atoms with Crippen LogP contribution in [0.25, 0.3) is 22.0 Å². The van der Waals surface area contributed by atoms with Crippen LogP contribution in [-0.4, -0.2) is 51.7 Å². The maximum absolute atomic E-state index is 14.0. The van der Waals surface area contributed by atoms with Crippen molar-refractivity contribution in [1.29, 1.82) is 0 Å². The number of carbonyl (C=O) groups is 4. The molecule has 0 saturated carbocycles. The molecule has 0 fully saturated rings. The molecule has 4 aromatic rings. The second kappa shape index (κ2) is 13.4. The number of anilines is 3. The minimum Gasteiger partial charge on any atom is -0.481 e. The van der Waals surface area contributed by atoms with Crippen molar-refractivity contribution in [3.05, 3.63) is 72.0 Å². The molecule has 4 rings (SSSR count). The standard InChI is InChI=1S/C29H30FN7O5/c1-16-7-12-20(30)23(14-16)34-29(42)33-18-10-8-17(9-11-18)19-4-2-5-22-26(19)27(37-36-22)35-24(38)15-21(31)28(41)32-13-3-6-25(39)40/h2,4-5,7-12,14,21H,3,6,13,15,31H2,1H3,(H,32,41)(H,39,40)(H2,33,34,42)(H2,35,36,37,38)/t21-/m0/s1. The molecule has 0 spiro atoms. The summed E-state index contributed by atoms with van der Waals surface area (Å²) < 4.78 is 14.0. The predicted octanol–water partition coefficient (Wildman–Crippen LogP) is 3.96. The van der Waals surface area contributed by atoms with Crippen LogP contribution in [0.1, 0.15) is 24.8 Å². The van der Waals surface area contributed by atoms with Crippen molar-refractivity contribution in [3.8, 4) is 11.1 Å². The molecule has 8 N–H and O–H groups in total. The highest BCUT2D eigenvalue weighted by Gasteiger charge is 2.20. The number of hydrogen-bond donors (Lipinski definition) is 7. The summed E-state index contributed by atoms with van der Waals surface area (Å²) in [4.78, 5) is 47.8. The van der Waals surface area contributed by atoms with Crippen LogP contribution in [0.4, 0.5) is 26.4 Å². The number of hydrogen-bond acceptors (Lipinski definition) is 6. The molecule has 0 aliphatic heterocycles. The number of nitrogens with zero attached hydrogens (tertiary/aromatic N) is 1. The molecule has 0 saturated heterocycles. The van der Waals surface area contributed by atoms with Crippen LogP contribution in [0, 0.1) is 12.7 Å². The molecule has 42 heavy (non-hydrogen) atoms. The molecule has 1 aromatic heterocycles. The molecule has 12 nitrogen and oxygen atoms in total. The average molecular weight is 576 g/mol. The molecule has 0 bridgehead atoms. The third-order valence-corrected chi connectivity index (χ3v) is 6.28. The van der Waals surface area contributed by atoms with Gasteiger partial charge in [0, 0.05) is 18.7 Å². The van der Waals surface area contributed by atoms with Gasteiger partial charge >= 0.3 is 12.0 Å². The molecule has 1 heterocycles. The molecule has 0 aliphatic carbocycles. The first-order valence-corrected chi connectivity index (χ1v) is 13.1. The fourth-order valence-electron chi connectivity index (χ4n) is 4.21. The molecule has 3 aromatic carbocycles. The van der Waals surface area contributed by atoms with Gasteiger partial charge < -0.3 is 32.1 Å². The van der Waals surface area contributed by atoms with Gasteiger partial charge in [0.25, 0.3) is 0 Å². The Kier molecular flexibility index (Phi) is 9.45. The van der Waals surface area contributed by atoms with E-state index in [2.05, 4.69) is 31.5 Å². The topological polar surface area (TPSA) is 191 Å². The number of H-pyrrole nitrogens is 1. The quantitative estimate of drug-likeness (QED) is 0.132. The maximum Gasteiger partial charge on any atom is 0.323 e. The van der Waals surface area contributed by atoms with Crippen LogP contribution in [-0.2, 0) is 14.4 Å². The van der Waals surface area contributed by atoms with Crippen molar-refractivity contribution in [2.75, 3.05) is 22.5 Å². The van der Waals surface area contributed by atoms with Crippen LogP contribution < -0.4 is 27.0 Å². The largest absolute Gasteiger partial charge is 0.481 e. The number of carbonyl (C=O) groups excluding carboxylic acids is 3. The van der Waals surface area contributed by atoms with E-state index in [1.165, 1.54) is 12.1 Å². The van der Waals surface area contributed by atoms with Gasteiger partial charge in [-0.05, 0) is 60.4 Å². The smallest absolute Gasteiger partial charge is 0.323 e. The van der Waals surface area contributed by atoms with Crippen molar-refractivity contribution in [2.45, 2.75) is 32.2 Å². The van der Waals surface area contributed by atoms with Gasteiger partial charge in [0.15, 0.2) is 5.82 Å². The lowest BCUT2D eigenvalue weighted by atomic mass is 10.0. The van der Waals surface area contributed by atoms with Crippen molar-refractivity contribution in [3.63, 3.8) is 0 Å². The summed E-state index contributed by atoms with van der Waals surface area (Å²) in [5, 5.41) is 26.8. The number of urea groups is 1. The zero-order valence-electron chi connectivity index (χ0n) is 22.7. The number of amides is 4. The normalized spacial score (nSPS) is 11.5. The zero-order chi connectivity index (χ0) is 30.2.